The summed E-state index contributed by atoms with van der Waals surface area (Å²) in [5.41, 5.74) is 0. The first-order valence-corrected chi connectivity index (χ1v) is 7.38. The zero-order valence-corrected chi connectivity index (χ0v) is 10.4. The van der Waals surface area contributed by atoms with E-state index in [2.05, 4.69) is 19.2 Å². The predicted octanol–water partition coefficient (Wildman–Crippen LogP) is 1.92. The van der Waals surface area contributed by atoms with Crippen LogP contribution >= 0.6 is 0 Å². The fourth-order valence-corrected chi connectivity index (χ4v) is 3.24. The number of rotatable bonds is 5. The van der Waals surface area contributed by atoms with Crippen LogP contribution in [0, 0.1) is 5.92 Å². The number of hydrogen-bond acceptors (Lipinski definition) is 2. The maximum atomic E-state index is 11.0. The highest BCUT2D eigenvalue weighted by Crippen LogP contribution is 2.27. The molecule has 0 aromatic heterocycles. The Morgan fingerprint density at radius 3 is 2.43 bits per heavy atom. The number of hydrogen-bond donors (Lipinski definition) is 1. The molecular formula is C11H23NOS. The molecule has 1 fully saturated rings. The third-order valence-electron chi connectivity index (χ3n) is 3.14. The van der Waals surface area contributed by atoms with Gasteiger partial charge in [0.1, 0.15) is 0 Å². The highest BCUT2D eigenvalue weighted by molar-refractivity contribution is 7.84. The van der Waals surface area contributed by atoms with Crippen LogP contribution in [-0.2, 0) is 10.8 Å². The molecule has 14 heavy (non-hydrogen) atoms. The highest BCUT2D eigenvalue weighted by Gasteiger charge is 2.22. The molecule has 0 amide bonds. The second-order valence-corrected chi connectivity index (χ2v) is 6.12. The molecule has 3 atom stereocenters. The first-order chi connectivity index (χ1) is 6.59. The SMILES string of the molecule is CC(CS(C)=O)NC(C)C1CCCC1. The maximum absolute atomic E-state index is 11.0. The molecule has 1 saturated carbocycles. The summed E-state index contributed by atoms with van der Waals surface area (Å²) in [4.78, 5) is 0. The molecule has 0 aliphatic heterocycles. The Morgan fingerprint density at radius 2 is 1.93 bits per heavy atom. The van der Waals surface area contributed by atoms with E-state index in [0.29, 0.717) is 12.1 Å². The molecule has 0 aromatic carbocycles. The lowest BCUT2D eigenvalue weighted by atomic mass is 9.99. The molecular weight excluding hydrogens is 194 g/mol. The zero-order valence-electron chi connectivity index (χ0n) is 9.58. The average molecular weight is 217 g/mol. The molecule has 0 spiro atoms. The lowest BCUT2D eigenvalue weighted by Gasteiger charge is -2.24. The Bertz CT molecular complexity index is 190. The molecule has 1 N–H and O–H groups in total. The Kier molecular flexibility index (Phi) is 5.10. The largest absolute Gasteiger partial charge is 0.311 e. The van der Waals surface area contributed by atoms with Gasteiger partial charge in [-0.1, -0.05) is 12.8 Å². The third-order valence-corrected chi connectivity index (χ3v) is 4.11. The van der Waals surface area contributed by atoms with Crippen molar-refractivity contribution >= 4 is 10.8 Å². The van der Waals surface area contributed by atoms with Crippen LogP contribution in [0.3, 0.4) is 0 Å². The highest BCUT2D eigenvalue weighted by atomic mass is 32.2. The fourth-order valence-electron chi connectivity index (χ4n) is 2.44. The van der Waals surface area contributed by atoms with Crippen molar-refractivity contribution in [2.45, 2.75) is 51.6 Å². The van der Waals surface area contributed by atoms with Gasteiger partial charge in [-0.25, -0.2) is 0 Å². The molecule has 0 heterocycles. The van der Waals surface area contributed by atoms with Crippen molar-refractivity contribution in [1.82, 2.24) is 5.32 Å². The van der Waals surface area contributed by atoms with Crippen molar-refractivity contribution in [2.75, 3.05) is 12.0 Å². The van der Waals surface area contributed by atoms with E-state index in [-0.39, 0.29) is 0 Å². The summed E-state index contributed by atoms with van der Waals surface area (Å²) in [6.07, 6.45) is 7.31. The van der Waals surface area contributed by atoms with E-state index in [4.69, 9.17) is 0 Å². The lowest BCUT2D eigenvalue weighted by Crippen LogP contribution is -2.41. The number of nitrogens with one attached hydrogen (secondary N) is 1. The van der Waals surface area contributed by atoms with Gasteiger partial charge in [0.15, 0.2) is 0 Å². The van der Waals surface area contributed by atoms with E-state index < -0.39 is 10.8 Å². The van der Waals surface area contributed by atoms with E-state index >= 15 is 0 Å². The molecule has 0 saturated heterocycles. The summed E-state index contributed by atoms with van der Waals surface area (Å²) in [5.74, 6) is 1.62. The standard InChI is InChI=1S/C11H23NOS/c1-9(8-14(3)13)12-10(2)11-6-4-5-7-11/h9-12H,4-8H2,1-3H3. The molecule has 1 rings (SSSR count). The minimum Gasteiger partial charge on any atom is -0.311 e. The molecule has 2 nitrogen and oxygen atoms in total. The van der Waals surface area contributed by atoms with Crippen LogP contribution in [0.25, 0.3) is 0 Å². The van der Waals surface area contributed by atoms with Gasteiger partial charge in [-0.2, -0.15) is 0 Å². The van der Waals surface area contributed by atoms with Crippen LogP contribution in [0.4, 0.5) is 0 Å². The third kappa shape index (κ3) is 4.09. The van der Waals surface area contributed by atoms with Gasteiger partial charge in [0.05, 0.1) is 0 Å². The Hall–Kier alpha value is 0.110. The predicted molar refractivity (Wildman–Crippen MR) is 63.0 cm³/mol. The molecule has 0 aromatic rings. The topological polar surface area (TPSA) is 29.1 Å². The van der Waals surface area contributed by atoms with Gasteiger partial charge in [0.25, 0.3) is 0 Å². The second-order valence-electron chi connectivity index (χ2n) is 4.64. The molecule has 1 aliphatic carbocycles. The smallest absolute Gasteiger partial charge is 0.0383 e. The first-order valence-electron chi connectivity index (χ1n) is 5.65. The molecule has 84 valence electrons. The van der Waals surface area contributed by atoms with Crippen LogP contribution in [0.2, 0.25) is 0 Å². The van der Waals surface area contributed by atoms with Gasteiger partial charge in [-0.05, 0) is 32.6 Å². The van der Waals surface area contributed by atoms with E-state index in [9.17, 15) is 4.21 Å². The van der Waals surface area contributed by atoms with Crippen molar-refractivity contribution in [3.8, 4) is 0 Å². The summed E-state index contributed by atoms with van der Waals surface area (Å²) >= 11 is 0. The molecule has 3 heteroatoms. The van der Waals surface area contributed by atoms with Gasteiger partial charge in [-0.3, -0.25) is 4.21 Å². The Labute approximate surface area is 90.3 Å². The van der Waals surface area contributed by atoms with Gasteiger partial charge >= 0.3 is 0 Å². The van der Waals surface area contributed by atoms with E-state index in [1.54, 1.807) is 6.26 Å². The van der Waals surface area contributed by atoms with Crippen LogP contribution in [0.15, 0.2) is 0 Å². The van der Waals surface area contributed by atoms with Crippen molar-refractivity contribution < 1.29 is 4.21 Å². The van der Waals surface area contributed by atoms with Crippen molar-refractivity contribution in [3.63, 3.8) is 0 Å². The quantitative estimate of drug-likeness (QED) is 0.762. The molecule has 1 aliphatic rings. The zero-order chi connectivity index (χ0) is 10.6. The minimum atomic E-state index is -0.676. The summed E-state index contributed by atoms with van der Waals surface area (Å²) in [6.45, 7) is 4.40. The van der Waals surface area contributed by atoms with Crippen molar-refractivity contribution in [2.24, 2.45) is 5.92 Å². The van der Waals surface area contributed by atoms with Crippen LogP contribution in [-0.4, -0.2) is 28.3 Å². The molecule has 3 unspecified atom stereocenters. The van der Waals surface area contributed by atoms with Gasteiger partial charge < -0.3 is 5.32 Å². The van der Waals surface area contributed by atoms with Gasteiger partial charge in [-0.15, -0.1) is 0 Å². The average Bonchev–Trinajstić information content (AvgIpc) is 2.53. The van der Waals surface area contributed by atoms with Crippen LogP contribution in [0.1, 0.15) is 39.5 Å². The summed E-state index contributed by atoms with van der Waals surface area (Å²) in [6, 6.07) is 0.979. The normalized spacial score (nSPS) is 24.8. The van der Waals surface area contributed by atoms with Crippen LogP contribution < -0.4 is 5.32 Å². The maximum Gasteiger partial charge on any atom is 0.0383 e. The van der Waals surface area contributed by atoms with Gasteiger partial charge in [0.2, 0.25) is 0 Å². The van der Waals surface area contributed by atoms with E-state index in [1.165, 1.54) is 25.7 Å². The minimum absolute atomic E-state index is 0.386. The fraction of sp³-hybridized carbons (Fsp3) is 1.00. The van der Waals surface area contributed by atoms with E-state index in [1.807, 2.05) is 0 Å². The molecule has 0 bridgehead atoms. The summed E-state index contributed by atoms with van der Waals surface area (Å²) in [7, 11) is -0.676. The summed E-state index contributed by atoms with van der Waals surface area (Å²) < 4.78 is 11.0. The lowest BCUT2D eigenvalue weighted by molar-refractivity contribution is 0.359. The monoisotopic (exact) mass is 217 g/mol. The Balaban J connectivity index is 2.24. The second kappa shape index (κ2) is 5.86. The van der Waals surface area contributed by atoms with E-state index in [0.717, 1.165) is 11.7 Å². The summed E-state index contributed by atoms with van der Waals surface area (Å²) in [5, 5.41) is 3.56. The van der Waals surface area contributed by atoms with Crippen LogP contribution in [0.5, 0.6) is 0 Å². The Morgan fingerprint density at radius 1 is 1.36 bits per heavy atom. The van der Waals surface area contributed by atoms with Crippen molar-refractivity contribution in [3.05, 3.63) is 0 Å². The first kappa shape index (κ1) is 12.2. The van der Waals surface area contributed by atoms with Crippen molar-refractivity contribution in [1.29, 1.82) is 0 Å². The molecule has 0 radical (unpaired) electrons. The van der Waals surface area contributed by atoms with Gasteiger partial charge in [0, 0.05) is 34.9 Å².